The number of aromatic nitrogens is 1. The van der Waals surface area contributed by atoms with E-state index in [1.54, 1.807) is 0 Å². The minimum atomic E-state index is -5.01. The minimum absolute atomic E-state index is 0.305. The molecule has 1 aromatic heterocycles. The molecular weight excluding hydrogens is 351 g/mol. The van der Waals surface area contributed by atoms with Gasteiger partial charge in [-0.1, -0.05) is 36.4 Å². The predicted molar refractivity (Wildman–Crippen MR) is 84.0 cm³/mol. The lowest BCUT2D eigenvalue weighted by atomic mass is 9.89. The van der Waals surface area contributed by atoms with Gasteiger partial charge >= 0.3 is 12.2 Å². The Labute approximate surface area is 146 Å². The van der Waals surface area contributed by atoms with Crippen LogP contribution in [0.2, 0.25) is 0 Å². The van der Waals surface area contributed by atoms with Crippen molar-refractivity contribution in [1.29, 1.82) is 0 Å². The van der Waals surface area contributed by atoms with Crippen LogP contribution in [0.5, 0.6) is 5.88 Å². The number of amides is 3. The summed E-state index contributed by atoms with van der Waals surface area (Å²) >= 11 is 0. The van der Waals surface area contributed by atoms with Crippen LogP contribution in [-0.2, 0) is 16.9 Å². The zero-order valence-corrected chi connectivity index (χ0v) is 13.6. The first-order valence-corrected chi connectivity index (χ1v) is 7.55. The summed E-state index contributed by atoms with van der Waals surface area (Å²) in [6, 6.07) is 8.47. The first-order chi connectivity index (χ1) is 12.3. The number of pyridine rings is 1. The third-order valence-electron chi connectivity index (χ3n) is 4.08. The van der Waals surface area contributed by atoms with E-state index in [0.29, 0.717) is 16.3 Å². The molecule has 1 fully saturated rings. The van der Waals surface area contributed by atoms with Crippen molar-refractivity contribution < 1.29 is 27.5 Å². The van der Waals surface area contributed by atoms with Gasteiger partial charge in [-0.15, -0.1) is 0 Å². The highest BCUT2D eigenvalue weighted by atomic mass is 19.4. The number of nitrogens with one attached hydrogen (secondary N) is 1. The largest absolute Gasteiger partial charge is 0.481 e. The molecule has 0 spiro atoms. The monoisotopic (exact) mass is 365 g/mol. The van der Waals surface area contributed by atoms with Crippen molar-refractivity contribution in [3.8, 4) is 5.88 Å². The molecule has 9 heteroatoms. The first kappa shape index (κ1) is 17.7. The number of hydrogen-bond donors (Lipinski definition) is 1. The zero-order valence-electron chi connectivity index (χ0n) is 13.6. The van der Waals surface area contributed by atoms with Crippen LogP contribution in [0.15, 0.2) is 48.7 Å². The quantitative estimate of drug-likeness (QED) is 0.846. The maximum atomic E-state index is 13.8. The number of rotatable bonds is 4. The van der Waals surface area contributed by atoms with Gasteiger partial charge in [0.2, 0.25) is 11.4 Å². The number of ether oxygens (including phenoxy) is 1. The molecule has 136 valence electrons. The molecule has 0 unspecified atom stereocenters. The standard InChI is InChI=1S/C17H14F3N3O3/c1-26-13-8-7-11(9-21-13)10-23-14(24)16(17(18,19)20,22-15(23)25)12-5-3-2-4-6-12/h2-9H,10H2,1H3,(H,22,25)/t16-/m1/s1. The van der Waals surface area contributed by atoms with Crippen LogP contribution in [0.25, 0.3) is 0 Å². The number of carbonyl (C=O) groups excluding carboxylic acids is 2. The second kappa shape index (κ2) is 6.32. The Balaban J connectivity index is 1.97. The van der Waals surface area contributed by atoms with E-state index in [0.717, 1.165) is 12.1 Å². The SMILES string of the molecule is COc1ccc(CN2C(=O)N[C@@](c3ccccc3)(C(F)(F)F)C2=O)cn1. The van der Waals surface area contributed by atoms with Gasteiger partial charge in [0.1, 0.15) is 0 Å². The number of nitrogens with zero attached hydrogens (tertiary/aromatic N) is 2. The van der Waals surface area contributed by atoms with Gasteiger partial charge in [-0.05, 0) is 11.1 Å². The molecular formula is C17H14F3N3O3. The van der Waals surface area contributed by atoms with Crippen molar-refractivity contribution in [2.24, 2.45) is 0 Å². The molecule has 0 radical (unpaired) electrons. The Morgan fingerprint density at radius 3 is 2.38 bits per heavy atom. The highest BCUT2D eigenvalue weighted by Crippen LogP contribution is 2.43. The molecule has 6 nitrogen and oxygen atoms in total. The average molecular weight is 365 g/mol. The third kappa shape index (κ3) is 2.75. The van der Waals surface area contributed by atoms with Gasteiger partial charge in [0.15, 0.2) is 0 Å². The Morgan fingerprint density at radius 2 is 1.85 bits per heavy atom. The predicted octanol–water partition coefficient (Wildman–Crippen LogP) is 2.60. The molecule has 0 saturated carbocycles. The van der Waals surface area contributed by atoms with Crippen LogP contribution >= 0.6 is 0 Å². The number of urea groups is 1. The molecule has 3 amide bonds. The molecule has 1 atom stereocenters. The van der Waals surface area contributed by atoms with Gasteiger partial charge in [-0.3, -0.25) is 9.69 Å². The lowest BCUT2D eigenvalue weighted by molar-refractivity contribution is -0.198. The summed E-state index contributed by atoms with van der Waals surface area (Å²) in [5.74, 6) is -1.07. The molecule has 0 aliphatic carbocycles. The number of halogens is 3. The van der Waals surface area contributed by atoms with Crippen LogP contribution in [0.4, 0.5) is 18.0 Å². The second-order valence-electron chi connectivity index (χ2n) is 5.64. The lowest BCUT2D eigenvalue weighted by Gasteiger charge is -2.29. The second-order valence-corrected chi connectivity index (χ2v) is 5.64. The molecule has 1 saturated heterocycles. The Bertz CT molecular complexity index is 825. The fourth-order valence-electron chi connectivity index (χ4n) is 2.77. The van der Waals surface area contributed by atoms with Crippen LogP contribution in [0.1, 0.15) is 11.1 Å². The molecule has 0 bridgehead atoms. The normalized spacial score (nSPS) is 20.2. The number of methoxy groups -OCH3 is 1. The summed E-state index contributed by atoms with van der Waals surface area (Å²) in [5.41, 5.74) is -3.06. The summed E-state index contributed by atoms with van der Waals surface area (Å²) in [6.07, 6.45) is -3.68. The highest BCUT2D eigenvalue weighted by molar-refractivity contribution is 6.08. The summed E-state index contributed by atoms with van der Waals surface area (Å²) < 4.78 is 46.4. The van der Waals surface area contributed by atoms with Crippen LogP contribution in [0, 0.1) is 0 Å². The van der Waals surface area contributed by atoms with E-state index in [2.05, 4.69) is 4.98 Å². The molecule has 1 aliphatic heterocycles. The van der Waals surface area contributed by atoms with Gasteiger partial charge in [0.05, 0.1) is 13.7 Å². The van der Waals surface area contributed by atoms with E-state index < -0.39 is 23.7 Å². The molecule has 2 heterocycles. The highest BCUT2D eigenvalue weighted by Gasteiger charge is 2.68. The smallest absolute Gasteiger partial charge is 0.425 e. The minimum Gasteiger partial charge on any atom is -0.481 e. The molecule has 1 N–H and O–H groups in total. The molecule has 2 aromatic rings. The average Bonchev–Trinajstić information content (AvgIpc) is 2.88. The number of hydrogen-bond acceptors (Lipinski definition) is 4. The Morgan fingerprint density at radius 1 is 1.15 bits per heavy atom. The van der Waals surface area contributed by atoms with Gasteiger partial charge in [-0.25, -0.2) is 9.78 Å². The van der Waals surface area contributed by atoms with E-state index in [9.17, 15) is 22.8 Å². The van der Waals surface area contributed by atoms with Gasteiger partial charge in [0, 0.05) is 12.3 Å². The number of benzene rings is 1. The lowest BCUT2D eigenvalue weighted by Crippen LogP contribution is -2.55. The Hall–Kier alpha value is -3.10. The van der Waals surface area contributed by atoms with Crippen molar-refractivity contribution in [2.45, 2.75) is 18.3 Å². The molecule has 1 aliphatic rings. The van der Waals surface area contributed by atoms with Gasteiger partial charge in [-0.2, -0.15) is 13.2 Å². The van der Waals surface area contributed by atoms with E-state index in [-0.39, 0.29) is 12.1 Å². The van der Waals surface area contributed by atoms with Crippen molar-refractivity contribution in [1.82, 2.24) is 15.2 Å². The first-order valence-electron chi connectivity index (χ1n) is 7.55. The van der Waals surface area contributed by atoms with E-state index in [4.69, 9.17) is 4.74 Å². The summed E-state index contributed by atoms with van der Waals surface area (Å²) in [5, 5.41) is 1.83. The van der Waals surface area contributed by atoms with Crippen molar-refractivity contribution in [3.63, 3.8) is 0 Å². The molecule has 3 rings (SSSR count). The Kier molecular flexibility index (Phi) is 4.31. The third-order valence-corrected chi connectivity index (χ3v) is 4.08. The van der Waals surface area contributed by atoms with Gasteiger partial charge < -0.3 is 10.1 Å². The van der Waals surface area contributed by atoms with Crippen molar-refractivity contribution in [3.05, 3.63) is 59.8 Å². The number of imide groups is 1. The number of carbonyl (C=O) groups is 2. The molecule has 26 heavy (non-hydrogen) atoms. The fraction of sp³-hybridized carbons (Fsp3) is 0.235. The molecule has 1 aromatic carbocycles. The fourth-order valence-corrected chi connectivity index (χ4v) is 2.77. The van der Waals surface area contributed by atoms with Crippen LogP contribution in [-0.4, -0.2) is 35.1 Å². The van der Waals surface area contributed by atoms with E-state index in [1.807, 2.05) is 5.32 Å². The number of alkyl halides is 3. The zero-order chi connectivity index (χ0) is 18.9. The summed E-state index contributed by atoms with van der Waals surface area (Å²) in [4.78, 5) is 29.3. The maximum Gasteiger partial charge on any atom is 0.425 e. The summed E-state index contributed by atoms with van der Waals surface area (Å²) in [7, 11) is 1.41. The van der Waals surface area contributed by atoms with Crippen molar-refractivity contribution >= 4 is 11.9 Å². The van der Waals surface area contributed by atoms with Crippen molar-refractivity contribution in [2.75, 3.05) is 7.11 Å². The van der Waals surface area contributed by atoms with Gasteiger partial charge in [0.25, 0.3) is 5.91 Å². The van der Waals surface area contributed by atoms with Crippen LogP contribution < -0.4 is 10.1 Å². The van der Waals surface area contributed by atoms with E-state index in [1.165, 1.54) is 43.6 Å². The maximum absolute atomic E-state index is 13.8. The topological polar surface area (TPSA) is 71.5 Å². The van der Waals surface area contributed by atoms with Crippen LogP contribution in [0.3, 0.4) is 0 Å². The summed E-state index contributed by atoms with van der Waals surface area (Å²) in [6.45, 7) is -0.341. The van der Waals surface area contributed by atoms with E-state index >= 15 is 0 Å².